The van der Waals surface area contributed by atoms with Gasteiger partial charge in [-0.25, -0.2) is 0 Å². The third-order valence-electron chi connectivity index (χ3n) is 4.90. The summed E-state index contributed by atoms with van der Waals surface area (Å²) in [5.41, 5.74) is 0.874. The number of hydrogen-bond donors (Lipinski definition) is 1. The molecule has 0 bridgehead atoms. The molecule has 2 amide bonds. The molecule has 1 atom stereocenters. The molecule has 0 unspecified atom stereocenters. The lowest BCUT2D eigenvalue weighted by Crippen LogP contribution is -2.43. The lowest BCUT2D eigenvalue weighted by atomic mass is 10.1. The maximum atomic E-state index is 13.0. The van der Waals surface area contributed by atoms with Crippen LogP contribution < -0.4 is 14.8 Å². The number of hydrogen-bond acceptors (Lipinski definition) is 4. The van der Waals surface area contributed by atoms with E-state index >= 15 is 0 Å². The number of nitrogens with one attached hydrogen (secondary N) is 1. The van der Waals surface area contributed by atoms with Gasteiger partial charge in [0, 0.05) is 37.2 Å². The fourth-order valence-electron chi connectivity index (χ4n) is 3.62. The molecule has 1 fully saturated rings. The molecular formula is C21H20Cl2N2O4. The highest BCUT2D eigenvalue weighted by Gasteiger charge is 2.36. The first-order valence-electron chi connectivity index (χ1n) is 9.32. The van der Waals surface area contributed by atoms with Crippen LogP contribution >= 0.6 is 23.2 Å². The molecule has 0 radical (unpaired) electrons. The van der Waals surface area contributed by atoms with Crippen LogP contribution in [-0.4, -0.2) is 35.1 Å². The van der Waals surface area contributed by atoms with Gasteiger partial charge in [0.05, 0.1) is 10.6 Å². The molecule has 152 valence electrons. The van der Waals surface area contributed by atoms with E-state index in [2.05, 4.69) is 5.32 Å². The van der Waals surface area contributed by atoms with E-state index in [-0.39, 0.29) is 11.8 Å². The van der Waals surface area contributed by atoms with Gasteiger partial charge in [0.1, 0.15) is 6.04 Å². The molecule has 1 N–H and O–H groups in total. The molecule has 4 rings (SSSR count). The van der Waals surface area contributed by atoms with Crippen molar-refractivity contribution < 1.29 is 19.1 Å². The average molecular weight is 435 g/mol. The maximum absolute atomic E-state index is 13.0. The first-order valence-corrected chi connectivity index (χ1v) is 10.1. The van der Waals surface area contributed by atoms with Crippen LogP contribution in [0.25, 0.3) is 0 Å². The maximum Gasteiger partial charge on any atom is 0.256 e. The van der Waals surface area contributed by atoms with Crippen LogP contribution in [0.5, 0.6) is 11.5 Å². The second-order valence-electron chi connectivity index (χ2n) is 7.54. The second kappa shape index (κ2) is 7.43. The predicted octanol–water partition coefficient (Wildman–Crippen LogP) is 4.74. The average Bonchev–Trinajstić information content (AvgIpc) is 3.25. The number of halogens is 2. The van der Waals surface area contributed by atoms with E-state index in [1.54, 1.807) is 35.2 Å². The lowest BCUT2D eigenvalue weighted by molar-refractivity contribution is -0.119. The van der Waals surface area contributed by atoms with Crippen molar-refractivity contribution in [1.82, 2.24) is 4.90 Å². The number of carbonyl (C=O) groups excluding carboxylic acids is 2. The number of ether oxygens (including phenoxy) is 2. The van der Waals surface area contributed by atoms with Gasteiger partial charge in [-0.3, -0.25) is 9.59 Å². The van der Waals surface area contributed by atoms with E-state index < -0.39 is 11.8 Å². The second-order valence-corrected chi connectivity index (χ2v) is 8.38. The summed E-state index contributed by atoms with van der Waals surface area (Å²) in [7, 11) is 0. The third-order valence-corrected chi connectivity index (χ3v) is 5.46. The van der Waals surface area contributed by atoms with Gasteiger partial charge in [-0.15, -0.1) is 0 Å². The van der Waals surface area contributed by atoms with Crippen molar-refractivity contribution in [3.8, 4) is 11.5 Å². The molecule has 0 saturated carbocycles. The van der Waals surface area contributed by atoms with E-state index in [1.165, 1.54) is 6.07 Å². The highest BCUT2D eigenvalue weighted by Crippen LogP contribution is 2.40. The number of carbonyl (C=O) groups is 2. The highest BCUT2D eigenvalue weighted by atomic mass is 35.5. The number of nitrogens with zero attached hydrogens (tertiary/aromatic N) is 1. The summed E-state index contributed by atoms with van der Waals surface area (Å²) in [4.78, 5) is 27.4. The Morgan fingerprint density at radius 2 is 1.86 bits per heavy atom. The fourth-order valence-corrected chi connectivity index (χ4v) is 3.99. The van der Waals surface area contributed by atoms with Gasteiger partial charge in [0.15, 0.2) is 11.5 Å². The largest absolute Gasteiger partial charge is 0.449 e. The Balaban J connectivity index is 1.50. The number of likely N-dealkylation sites (tertiary alicyclic amines) is 1. The molecule has 8 heteroatoms. The number of fused-ring (bicyclic) bond motifs is 1. The van der Waals surface area contributed by atoms with Gasteiger partial charge >= 0.3 is 0 Å². The van der Waals surface area contributed by atoms with Crippen molar-refractivity contribution in [1.29, 1.82) is 0 Å². The van der Waals surface area contributed by atoms with Crippen LogP contribution in [0.2, 0.25) is 10.0 Å². The fraction of sp³-hybridized carbons (Fsp3) is 0.333. The summed E-state index contributed by atoms with van der Waals surface area (Å²) in [5, 5.41) is 3.60. The van der Waals surface area contributed by atoms with Crippen LogP contribution in [0.1, 0.15) is 37.0 Å². The standard InChI is InChI=1S/C21H20Cl2N2O4/c1-21(2)28-17-8-6-13(11-18(17)29-21)24-19(26)16-4-3-9-25(16)20(27)14-10-12(22)5-7-15(14)23/h5-8,10-11,16H,3-4,9H2,1-2H3,(H,24,26)/t16-/m1/s1. The Morgan fingerprint density at radius 3 is 2.66 bits per heavy atom. The molecule has 0 aliphatic carbocycles. The van der Waals surface area contributed by atoms with E-state index in [0.29, 0.717) is 45.8 Å². The molecule has 2 aromatic rings. The van der Waals surface area contributed by atoms with E-state index in [9.17, 15) is 9.59 Å². The molecule has 2 heterocycles. The van der Waals surface area contributed by atoms with Crippen molar-refractivity contribution in [3.63, 3.8) is 0 Å². The first kappa shape index (κ1) is 19.9. The van der Waals surface area contributed by atoms with Crippen molar-refractivity contribution in [2.45, 2.75) is 38.5 Å². The van der Waals surface area contributed by atoms with Gasteiger partial charge in [0.2, 0.25) is 11.7 Å². The Morgan fingerprint density at radius 1 is 1.10 bits per heavy atom. The van der Waals surface area contributed by atoms with Crippen molar-refractivity contribution >= 4 is 40.7 Å². The normalized spacial score (nSPS) is 19.3. The summed E-state index contributed by atoms with van der Waals surface area (Å²) in [6, 6.07) is 9.36. The van der Waals surface area contributed by atoms with Crippen molar-refractivity contribution in [2.75, 3.05) is 11.9 Å². The molecule has 29 heavy (non-hydrogen) atoms. The molecule has 2 aromatic carbocycles. The zero-order valence-corrected chi connectivity index (χ0v) is 17.5. The Bertz CT molecular complexity index is 993. The Hall–Kier alpha value is -2.44. The molecule has 2 aliphatic rings. The molecule has 0 aromatic heterocycles. The van der Waals surface area contributed by atoms with Crippen molar-refractivity contribution in [3.05, 3.63) is 52.0 Å². The zero-order valence-electron chi connectivity index (χ0n) is 16.0. The summed E-state index contributed by atoms with van der Waals surface area (Å²) >= 11 is 12.2. The third kappa shape index (κ3) is 4.00. The number of amides is 2. The number of rotatable bonds is 3. The summed E-state index contributed by atoms with van der Waals surface area (Å²) in [6.07, 6.45) is 1.31. The summed E-state index contributed by atoms with van der Waals surface area (Å²) in [6.45, 7) is 4.11. The van der Waals surface area contributed by atoms with E-state index in [4.69, 9.17) is 32.7 Å². The van der Waals surface area contributed by atoms with Crippen LogP contribution in [0.15, 0.2) is 36.4 Å². The Labute approximate surface area is 178 Å². The smallest absolute Gasteiger partial charge is 0.256 e. The number of benzene rings is 2. The topological polar surface area (TPSA) is 67.9 Å². The van der Waals surface area contributed by atoms with Gasteiger partial charge in [-0.1, -0.05) is 23.2 Å². The minimum atomic E-state index is -0.740. The van der Waals surface area contributed by atoms with Gasteiger partial charge in [-0.05, 0) is 43.2 Å². The van der Waals surface area contributed by atoms with Crippen LogP contribution in [0.3, 0.4) is 0 Å². The van der Waals surface area contributed by atoms with Crippen LogP contribution in [0.4, 0.5) is 5.69 Å². The quantitative estimate of drug-likeness (QED) is 0.756. The minimum Gasteiger partial charge on any atom is -0.449 e. The van der Waals surface area contributed by atoms with Crippen LogP contribution in [0, 0.1) is 0 Å². The zero-order chi connectivity index (χ0) is 20.8. The molecule has 6 nitrogen and oxygen atoms in total. The molecular weight excluding hydrogens is 415 g/mol. The number of anilines is 1. The van der Waals surface area contributed by atoms with Crippen molar-refractivity contribution in [2.24, 2.45) is 0 Å². The lowest BCUT2D eigenvalue weighted by Gasteiger charge is -2.24. The van der Waals surface area contributed by atoms with Gasteiger partial charge < -0.3 is 19.7 Å². The minimum absolute atomic E-state index is 0.257. The summed E-state index contributed by atoms with van der Waals surface area (Å²) < 4.78 is 11.4. The molecule has 0 spiro atoms. The first-order chi connectivity index (χ1) is 13.7. The molecule has 1 saturated heterocycles. The predicted molar refractivity (Wildman–Crippen MR) is 111 cm³/mol. The van der Waals surface area contributed by atoms with E-state index in [0.717, 1.165) is 6.42 Å². The summed E-state index contributed by atoms with van der Waals surface area (Å²) in [5.74, 6) is -0.107. The highest BCUT2D eigenvalue weighted by molar-refractivity contribution is 6.35. The SMILES string of the molecule is CC1(C)Oc2ccc(NC(=O)[C@H]3CCCN3C(=O)c3cc(Cl)ccc3Cl)cc2O1. The Kier molecular flexibility index (Phi) is 5.09. The van der Waals surface area contributed by atoms with Crippen LogP contribution in [-0.2, 0) is 4.79 Å². The van der Waals surface area contributed by atoms with Gasteiger partial charge in [0.25, 0.3) is 5.91 Å². The van der Waals surface area contributed by atoms with E-state index in [1.807, 2.05) is 13.8 Å². The van der Waals surface area contributed by atoms with Gasteiger partial charge in [-0.2, -0.15) is 0 Å². The molecule has 2 aliphatic heterocycles. The monoisotopic (exact) mass is 434 g/mol.